The molecule has 124 valence electrons. The highest BCUT2D eigenvalue weighted by Crippen LogP contribution is 2.48. The van der Waals surface area contributed by atoms with E-state index in [9.17, 15) is 9.59 Å². The molecule has 3 unspecified atom stereocenters. The van der Waals surface area contributed by atoms with E-state index in [1.54, 1.807) is 24.3 Å². The maximum absolute atomic E-state index is 12.4. The van der Waals surface area contributed by atoms with Crippen LogP contribution in [0, 0.1) is 17.8 Å². The first-order chi connectivity index (χ1) is 11.2. The van der Waals surface area contributed by atoms with Gasteiger partial charge in [-0.2, -0.15) is 0 Å². The number of hydrogen-bond acceptors (Lipinski definition) is 3. The lowest BCUT2D eigenvalue weighted by atomic mass is 9.88. The van der Waals surface area contributed by atoms with E-state index in [0.717, 1.165) is 18.0 Å². The Balaban J connectivity index is 1.53. The maximum atomic E-state index is 12.4. The number of fused-ring (bicyclic) bond motifs is 2. The van der Waals surface area contributed by atoms with E-state index in [1.807, 2.05) is 0 Å². The largest absolute Gasteiger partial charge is 0.396 e. The Bertz CT molecular complexity index is 570. The van der Waals surface area contributed by atoms with Gasteiger partial charge in [0.1, 0.15) is 0 Å². The van der Waals surface area contributed by atoms with Gasteiger partial charge in [-0.15, -0.1) is 0 Å². The molecule has 0 aliphatic heterocycles. The van der Waals surface area contributed by atoms with Crippen molar-refractivity contribution in [2.24, 2.45) is 17.8 Å². The maximum Gasteiger partial charge on any atom is 0.251 e. The van der Waals surface area contributed by atoms with E-state index in [0.29, 0.717) is 24.4 Å². The molecule has 23 heavy (non-hydrogen) atoms. The Morgan fingerprint density at radius 1 is 1.13 bits per heavy atom. The summed E-state index contributed by atoms with van der Waals surface area (Å²) in [7, 11) is 0. The van der Waals surface area contributed by atoms with E-state index in [-0.39, 0.29) is 24.3 Å². The molecule has 1 aromatic carbocycles. The van der Waals surface area contributed by atoms with Gasteiger partial charge in [0.2, 0.25) is 5.91 Å². The number of amides is 2. The predicted octanol–water partition coefficient (Wildman–Crippen LogP) is 2.17. The van der Waals surface area contributed by atoms with Gasteiger partial charge in [-0.25, -0.2) is 0 Å². The average molecular weight is 316 g/mol. The Morgan fingerprint density at radius 3 is 2.52 bits per heavy atom. The van der Waals surface area contributed by atoms with Crippen LogP contribution in [-0.4, -0.2) is 30.1 Å². The van der Waals surface area contributed by atoms with E-state index in [2.05, 4.69) is 10.6 Å². The molecular weight excluding hydrogens is 292 g/mol. The van der Waals surface area contributed by atoms with Crippen LogP contribution in [0.25, 0.3) is 0 Å². The summed E-state index contributed by atoms with van der Waals surface area (Å²) in [6, 6.07) is 6.97. The molecule has 3 rings (SSSR count). The SMILES string of the molecule is O=C(NCCCO)c1ccc(NC(=O)C2CC3CCC2C3)cc1. The quantitative estimate of drug-likeness (QED) is 0.704. The molecule has 2 saturated carbocycles. The van der Waals surface area contributed by atoms with Crippen LogP contribution in [-0.2, 0) is 4.79 Å². The third-order valence-electron chi connectivity index (χ3n) is 5.11. The van der Waals surface area contributed by atoms with E-state index in [1.165, 1.54) is 19.3 Å². The zero-order chi connectivity index (χ0) is 16.2. The second-order valence-corrected chi connectivity index (χ2v) is 6.68. The number of carbonyl (C=O) groups is 2. The lowest BCUT2D eigenvalue weighted by molar-refractivity contribution is -0.121. The van der Waals surface area contributed by atoms with Gasteiger partial charge in [-0.05, 0) is 61.8 Å². The fraction of sp³-hybridized carbons (Fsp3) is 0.556. The predicted molar refractivity (Wildman–Crippen MR) is 88.0 cm³/mol. The summed E-state index contributed by atoms with van der Waals surface area (Å²) in [5.41, 5.74) is 1.30. The second-order valence-electron chi connectivity index (χ2n) is 6.68. The molecule has 2 aliphatic rings. The van der Waals surface area contributed by atoms with Crippen molar-refractivity contribution in [3.63, 3.8) is 0 Å². The van der Waals surface area contributed by atoms with Crippen LogP contribution in [0.15, 0.2) is 24.3 Å². The minimum absolute atomic E-state index is 0.0638. The van der Waals surface area contributed by atoms with Crippen LogP contribution >= 0.6 is 0 Å². The summed E-state index contributed by atoms with van der Waals surface area (Å²) in [5, 5.41) is 14.4. The molecular formula is C18H24N2O3. The van der Waals surface area contributed by atoms with Gasteiger partial charge in [-0.3, -0.25) is 9.59 Å². The van der Waals surface area contributed by atoms with Crippen molar-refractivity contribution < 1.29 is 14.7 Å². The van der Waals surface area contributed by atoms with Crippen molar-refractivity contribution >= 4 is 17.5 Å². The third-order valence-corrected chi connectivity index (χ3v) is 5.11. The highest BCUT2D eigenvalue weighted by atomic mass is 16.3. The number of carbonyl (C=O) groups excluding carboxylic acids is 2. The molecule has 2 bridgehead atoms. The molecule has 3 N–H and O–H groups in total. The van der Waals surface area contributed by atoms with Crippen molar-refractivity contribution in [3.8, 4) is 0 Å². The third kappa shape index (κ3) is 3.72. The van der Waals surface area contributed by atoms with Gasteiger partial charge in [-0.1, -0.05) is 6.42 Å². The number of aliphatic hydroxyl groups is 1. The first kappa shape index (κ1) is 16.0. The summed E-state index contributed by atoms with van der Waals surface area (Å²) in [4.78, 5) is 24.3. The topological polar surface area (TPSA) is 78.4 Å². The molecule has 0 aromatic heterocycles. The van der Waals surface area contributed by atoms with Gasteiger partial charge >= 0.3 is 0 Å². The molecule has 0 spiro atoms. The highest BCUT2D eigenvalue weighted by Gasteiger charge is 2.42. The number of nitrogens with one attached hydrogen (secondary N) is 2. The van der Waals surface area contributed by atoms with E-state index < -0.39 is 0 Å². The van der Waals surface area contributed by atoms with Crippen LogP contribution in [0.4, 0.5) is 5.69 Å². The van der Waals surface area contributed by atoms with Gasteiger partial charge in [0.15, 0.2) is 0 Å². The van der Waals surface area contributed by atoms with E-state index in [4.69, 9.17) is 5.11 Å². The fourth-order valence-corrected chi connectivity index (χ4v) is 3.89. The summed E-state index contributed by atoms with van der Waals surface area (Å²) in [5.74, 6) is 1.44. The second kappa shape index (κ2) is 7.13. The minimum atomic E-state index is -0.163. The van der Waals surface area contributed by atoms with Crippen LogP contribution in [0.2, 0.25) is 0 Å². The van der Waals surface area contributed by atoms with E-state index >= 15 is 0 Å². The molecule has 0 saturated heterocycles. The number of hydrogen-bond donors (Lipinski definition) is 3. The summed E-state index contributed by atoms with van der Waals surface area (Å²) >= 11 is 0. The normalized spacial score (nSPS) is 25.3. The van der Waals surface area contributed by atoms with Crippen molar-refractivity contribution in [2.75, 3.05) is 18.5 Å². The van der Waals surface area contributed by atoms with Crippen LogP contribution in [0.1, 0.15) is 42.5 Å². The van der Waals surface area contributed by atoms with Gasteiger partial charge in [0, 0.05) is 30.3 Å². The van der Waals surface area contributed by atoms with Gasteiger partial charge in [0.25, 0.3) is 5.91 Å². The van der Waals surface area contributed by atoms with Crippen LogP contribution < -0.4 is 10.6 Å². The Kier molecular flexibility index (Phi) is 4.96. The molecule has 3 atom stereocenters. The van der Waals surface area contributed by atoms with Crippen LogP contribution in [0.5, 0.6) is 0 Å². The minimum Gasteiger partial charge on any atom is -0.396 e. The molecule has 5 nitrogen and oxygen atoms in total. The summed E-state index contributed by atoms with van der Waals surface area (Å²) in [6.07, 6.45) is 5.26. The molecule has 2 fully saturated rings. The molecule has 2 amide bonds. The van der Waals surface area contributed by atoms with Gasteiger partial charge in [0.05, 0.1) is 0 Å². The zero-order valence-electron chi connectivity index (χ0n) is 13.3. The number of aliphatic hydroxyl groups excluding tert-OH is 1. The number of benzene rings is 1. The molecule has 2 aliphatic carbocycles. The lowest BCUT2D eigenvalue weighted by Crippen LogP contribution is -2.27. The lowest BCUT2D eigenvalue weighted by Gasteiger charge is -2.20. The fourth-order valence-electron chi connectivity index (χ4n) is 3.89. The Morgan fingerprint density at radius 2 is 1.91 bits per heavy atom. The van der Waals surface area contributed by atoms with Crippen molar-refractivity contribution in [3.05, 3.63) is 29.8 Å². The first-order valence-electron chi connectivity index (χ1n) is 8.47. The Labute approximate surface area is 136 Å². The molecule has 0 radical (unpaired) electrons. The van der Waals surface area contributed by atoms with Crippen molar-refractivity contribution in [2.45, 2.75) is 32.1 Å². The van der Waals surface area contributed by atoms with Crippen molar-refractivity contribution in [1.82, 2.24) is 5.32 Å². The first-order valence-corrected chi connectivity index (χ1v) is 8.47. The molecule has 0 heterocycles. The number of anilines is 1. The Hall–Kier alpha value is -1.88. The van der Waals surface area contributed by atoms with Gasteiger partial charge < -0.3 is 15.7 Å². The molecule has 1 aromatic rings. The smallest absolute Gasteiger partial charge is 0.251 e. The summed E-state index contributed by atoms with van der Waals surface area (Å²) in [6.45, 7) is 0.520. The highest BCUT2D eigenvalue weighted by molar-refractivity contribution is 5.96. The van der Waals surface area contributed by atoms with Crippen LogP contribution in [0.3, 0.4) is 0 Å². The number of rotatable bonds is 6. The standard InChI is InChI=1S/C18H24N2O3/c21-9-1-8-19-17(22)13-4-6-15(7-5-13)20-18(23)16-11-12-2-3-14(16)10-12/h4-7,12,14,16,21H,1-3,8-11H2,(H,19,22)(H,20,23). The molecule has 5 heteroatoms. The summed E-state index contributed by atoms with van der Waals surface area (Å²) < 4.78 is 0. The average Bonchev–Trinajstić information content (AvgIpc) is 3.19. The monoisotopic (exact) mass is 316 g/mol. The zero-order valence-corrected chi connectivity index (χ0v) is 13.3. The van der Waals surface area contributed by atoms with Crippen molar-refractivity contribution in [1.29, 1.82) is 0 Å².